The van der Waals surface area contributed by atoms with E-state index < -0.39 is 0 Å². The lowest BCUT2D eigenvalue weighted by Gasteiger charge is -2.18. The van der Waals surface area contributed by atoms with Gasteiger partial charge in [0.05, 0.1) is 12.8 Å². The van der Waals surface area contributed by atoms with Crippen LogP contribution >= 0.6 is 0 Å². The Morgan fingerprint density at radius 1 is 1.09 bits per heavy atom. The van der Waals surface area contributed by atoms with E-state index in [1.807, 2.05) is 57.2 Å². The van der Waals surface area contributed by atoms with E-state index in [4.69, 9.17) is 4.74 Å². The first kappa shape index (κ1) is 15.9. The number of methoxy groups -OCH3 is 1. The Morgan fingerprint density at radius 2 is 1.82 bits per heavy atom. The maximum Gasteiger partial charge on any atom is 0.246 e. The standard InChI is InChI=1S/C18H22N2O2/c1-12-9-10-13(2)16(11-12)19-14(3)18(21)20-15-7-5-6-8-17(15)22-4/h5-11,14,19H,1-4H3,(H,20,21). The van der Waals surface area contributed by atoms with E-state index in [1.165, 1.54) is 0 Å². The van der Waals surface area contributed by atoms with Crippen LogP contribution < -0.4 is 15.4 Å². The molecule has 0 saturated heterocycles. The van der Waals surface area contributed by atoms with Crippen molar-refractivity contribution in [2.45, 2.75) is 26.8 Å². The van der Waals surface area contributed by atoms with Crippen LogP contribution in [0.25, 0.3) is 0 Å². The smallest absolute Gasteiger partial charge is 0.246 e. The molecular weight excluding hydrogens is 276 g/mol. The van der Waals surface area contributed by atoms with Gasteiger partial charge in [-0.05, 0) is 50.1 Å². The number of benzene rings is 2. The number of amides is 1. The third kappa shape index (κ3) is 3.79. The predicted molar refractivity (Wildman–Crippen MR) is 90.6 cm³/mol. The molecule has 0 aromatic heterocycles. The van der Waals surface area contributed by atoms with Gasteiger partial charge >= 0.3 is 0 Å². The summed E-state index contributed by atoms with van der Waals surface area (Å²) < 4.78 is 5.24. The molecule has 2 rings (SSSR count). The fraction of sp³-hybridized carbons (Fsp3) is 0.278. The fourth-order valence-electron chi connectivity index (χ4n) is 2.18. The molecule has 1 atom stereocenters. The van der Waals surface area contributed by atoms with Crippen molar-refractivity contribution in [3.8, 4) is 5.75 Å². The third-order valence-corrected chi connectivity index (χ3v) is 3.52. The van der Waals surface area contributed by atoms with E-state index in [-0.39, 0.29) is 11.9 Å². The molecule has 4 nitrogen and oxygen atoms in total. The molecule has 2 aromatic carbocycles. The molecule has 4 heteroatoms. The van der Waals surface area contributed by atoms with E-state index >= 15 is 0 Å². The Hall–Kier alpha value is -2.49. The van der Waals surface area contributed by atoms with Crippen LogP contribution in [0.4, 0.5) is 11.4 Å². The topological polar surface area (TPSA) is 50.4 Å². The molecule has 0 fully saturated rings. The van der Waals surface area contributed by atoms with Gasteiger partial charge in [-0.1, -0.05) is 24.3 Å². The number of carbonyl (C=O) groups is 1. The first-order valence-electron chi connectivity index (χ1n) is 7.29. The lowest BCUT2D eigenvalue weighted by atomic mass is 10.1. The van der Waals surface area contributed by atoms with Crippen LogP contribution in [0.3, 0.4) is 0 Å². The van der Waals surface area contributed by atoms with Gasteiger partial charge in [0, 0.05) is 5.69 Å². The van der Waals surface area contributed by atoms with Gasteiger partial charge in [-0.15, -0.1) is 0 Å². The lowest BCUT2D eigenvalue weighted by Crippen LogP contribution is -2.32. The van der Waals surface area contributed by atoms with Gasteiger partial charge < -0.3 is 15.4 Å². The fourth-order valence-corrected chi connectivity index (χ4v) is 2.18. The average Bonchev–Trinajstić information content (AvgIpc) is 2.51. The minimum Gasteiger partial charge on any atom is -0.495 e. The normalized spacial score (nSPS) is 11.6. The quantitative estimate of drug-likeness (QED) is 0.884. The summed E-state index contributed by atoms with van der Waals surface area (Å²) in [6.45, 7) is 5.89. The molecule has 0 heterocycles. The number of aryl methyl sites for hydroxylation is 2. The highest BCUT2D eigenvalue weighted by atomic mass is 16.5. The summed E-state index contributed by atoms with van der Waals surface area (Å²) in [5.74, 6) is 0.542. The minimum atomic E-state index is -0.356. The van der Waals surface area contributed by atoms with Crippen molar-refractivity contribution in [2.75, 3.05) is 17.7 Å². The Labute approximate surface area is 131 Å². The second kappa shape index (κ2) is 6.98. The number of carbonyl (C=O) groups excluding carboxylic acids is 1. The second-order valence-electron chi connectivity index (χ2n) is 5.37. The van der Waals surface area contributed by atoms with Crippen molar-refractivity contribution < 1.29 is 9.53 Å². The third-order valence-electron chi connectivity index (χ3n) is 3.52. The maximum atomic E-state index is 12.4. The van der Waals surface area contributed by atoms with Crippen molar-refractivity contribution in [3.63, 3.8) is 0 Å². The molecule has 22 heavy (non-hydrogen) atoms. The molecule has 0 aliphatic carbocycles. The molecular formula is C18H22N2O2. The zero-order valence-corrected chi connectivity index (χ0v) is 13.4. The van der Waals surface area contributed by atoms with Crippen molar-refractivity contribution in [1.29, 1.82) is 0 Å². The number of hydrogen-bond donors (Lipinski definition) is 2. The predicted octanol–water partition coefficient (Wildman–Crippen LogP) is 3.75. The number of ether oxygens (including phenoxy) is 1. The molecule has 2 N–H and O–H groups in total. The van der Waals surface area contributed by atoms with Gasteiger partial charge in [0.2, 0.25) is 5.91 Å². The summed E-state index contributed by atoms with van der Waals surface area (Å²) in [7, 11) is 1.59. The summed E-state index contributed by atoms with van der Waals surface area (Å²) in [6, 6.07) is 13.2. The Morgan fingerprint density at radius 3 is 2.55 bits per heavy atom. The molecule has 2 aromatic rings. The summed E-state index contributed by atoms with van der Waals surface area (Å²) in [5.41, 5.74) is 3.92. The second-order valence-corrected chi connectivity index (χ2v) is 5.37. The Bertz CT molecular complexity index is 668. The number of para-hydroxylation sites is 2. The molecule has 0 aliphatic heterocycles. The Balaban J connectivity index is 2.07. The SMILES string of the molecule is COc1ccccc1NC(=O)C(C)Nc1cc(C)ccc1C. The summed E-state index contributed by atoms with van der Waals surface area (Å²) in [6.07, 6.45) is 0. The molecule has 0 spiro atoms. The number of hydrogen-bond acceptors (Lipinski definition) is 3. The first-order chi connectivity index (χ1) is 10.5. The van der Waals surface area contributed by atoms with Gasteiger partial charge in [0.1, 0.15) is 11.8 Å². The largest absolute Gasteiger partial charge is 0.495 e. The van der Waals surface area contributed by atoms with E-state index in [1.54, 1.807) is 7.11 Å². The van der Waals surface area contributed by atoms with Crippen molar-refractivity contribution in [1.82, 2.24) is 0 Å². The minimum absolute atomic E-state index is 0.106. The van der Waals surface area contributed by atoms with Gasteiger partial charge in [-0.25, -0.2) is 0 Å². The first-order valence-corrected chi connectivity index (χ1v) is 7.29. The summed E-state index contributed by atoms with van der Waals surface area (Å²) >= 11 is 0. The van der Waals surface area contributed by atoms with E-state index in [0.29, 0.717) is 11.4 Å². The lowest BCUT2D eigenvalue weighted by molar-refractivity contribution is -0.116. The molecule has 0 aliphatic rings. The van der Waals surface area contributed by atoms with Crippen LogP contribution in [0, 0.1) is 13.8 Å². The highest BCUT2D eigenvalue weighted by Gasteiger charge is 2.15. The van der Waals surface area contributed by atoms with Gasteiger partial charge in [-0.2, -0.15) is 0 Å². The molecule has 1 unspecified atom stereocenters. The molecule has 0 bridgehead atoms. The Kier molecular flexibility index (Phi) is 5.04. The monoisotopic (exact) mass is 298 g/mol. The van der Waals surface area contributed by atoms with Gasteiger partial charge in [0.15, 0.2) is 0 Å². The summed E-state index contributed by atoms with van der Waals surface area (Å²) in [4.78, 5) is 12.4. The van der Waals surface area contributed by atoms with E-state index in [9.17, 15) is 4.79 Å². The summed E-state index contributed by atoms with van der Waals surface area (Å²) in [5, 5.41) is 6.14. The van der Waals surface area contributed by atoms with Crippen LogP contribution in [0.1, 0.15) is 18.1 Å². The van der Waals surface area contributed by atoms with E-state index in [0.717, 1.165) is 16.8 Å². The highest BCUT2D eigenvalue weighted by molar-refractivity contribution is 5.97. The molecule has 1 amide bonds. The molecule has 116 valence electrons. The van der Waals surface area contributed by atoms with E-state index in [2.05, 4.69) is 16.7 Å². The maximum absolute atomic E-state index is 12.4. The zero-order valence-electron chi connectivity index (χ0n) is 13.4. The van der Waals surface area contributed by atoms with Crippen LogP contribution in [0.15, 0.2) is 42.5 Å². The van der Waals surface area contributed by atoms with Crippen LogP contribution in [0.2, 0.25) is 0 Å². The number of anilines is 2. The average molecular weight is 298 g/mol. The molecule has 0 radical (unpaired) electrons. The zero-order chi connectivity index (χ0) is 16.1. The number of nitrogens with one attached hydrogen (secondary N) is 2. The van der Waals surface area contributed by atoms with Crippen molar-refractivity contribution >= 4 is 17.3 Å². The number of rotatable bonds is 5. The van der Waals surface area contributed by atoms with Gasteiger partial charge in [-0.3, -0.25) is 4.79 Å². The van der Waals surface area contributed by atoms with Crippen LogP contribution in [-0.4, -0.2) is 19.1 Å². The highest BCUT2D eigenvalue weighted by Crippen LogP contribution is 2.23. The van der Waals surface area contributed by atoms with Crippen LogP contribution in [-0.2, 0) is 4.79 Å². The van der Waals surface area contributed by atoms with Crippen molar-refractivity contribution in [2.24, 2.45) is 0 Å². The van der Waals surface area contributed by atoms with Crippen LogP contribution in [0.5, 0.6) is 5.75 Å². The van der Waals surface area contributed by atoms with Crippen molar-refractivity contribution in [3.05, 3.63) is 53.6 Å². The molecule has 0 saturated carbocycles. The van der Waals surface area contributed by atoms with Gasteiger partial charge in [0.25, 0.3) is 0 Å².